The number of hydrogen-bond acceptors (Lipinski definition) is 9. The number of urea groups is 1. The molecule has 0 radical (unpaired) electrons. The van der Waals surface area contributed by atoms with Gasteiger partial charge in [0.15, 0.2) is 0 Å². The maximum Gasteiger partial charge on any atom is 1.00 e. The number of allylic oxidation sites excluding steroid dienone is 4. The van der Waals surface area contributed by atoms with Gasteiger partial charge >= 0.3 is 63.1 Å². The third kappa shape index (κ3) is 7.85. The van der Waals surface area contributed by atoms with E-state index in [4.69, 9.17) is 0 Å². The molecule has 2 aromatic heterocycles. The van der Waals surface area contributed by atoms with Crippen LogP contribution in [0.25, 0.3) is 17.3 Å². The van der Waals surface area contributed by atoms with Crippen LogP contribution in [0.15, 0.2) is 106 Å². The van der Waals surface area contributed by atoms with E-state index in [-0.39, 0.29) is 73.9 Å². The minimum absolute atomic E-state index is 0. The molecule has 1 aliphatic heterocycles. The molecule has 5 rings (SSSR count). The van der Waals surface area contributed by atoms with Crippen molar-refractivity contribution in [2.24, 2.45) is 0 Å². The number of carbonyl (C=O) groups is 5. The zero-order valence-corrected chi connectivity index (χ0v) is 30.0. The molecule has 1 fully saturated rings. The Kier molecular flexibility index (Phi) is 12.1. The molecule has 0 aliphatic carbocycles. The van der Waals surface area contributed by atoms with Gasteiger partial charge in [-0.2, -0.15) is 0 Å². The van der Waals surface area contributed by atoms with Crippen molar-refractivity contribution in [1.29, 1.82) is 0 Å². The normalized spacial score (nSPS) is 14.0. The summed E-state index contributed by atoms with van der Waals surface area (Å²) in [6.07, 6.45) is 7.97. The van der Waals surface area contributed by atoms with Gasteiger partial charge in [0.25, 0.3) is 29.2 Å². The first-order valence-corrected chi connectivity index (χ1v) is 14.4. The molecule has 15 nitrogen and oxygen atoms in total. The van der Waals surface area contributed by atoms with E-state index in [1.807, 2.05) is 0 Å². The number of carbonyl (C=O) groups excluding carboxylic acids is 5. The van der Waals surface area contributed by atoms with Crippen molar-refractivity contribution in [1.82, 2.24) is 30.5 Å². The summed E-state index contributed by atoms with van der Waals surface area (Å²) in [6.45, 7) is 0. The second-order valence-corrected chi connectivity index (χ2v) is 10.2. The number of H-pyrrole nitrogens is 1. The Bertz CT molecular complexity index is 2240. The van der Waals surface area contributed by atoms with Crippen LogP contribution in [0.5, 0.6) is 5.88 Å². The summed E-state index contributed by atoms with van der Waals surface area (Å²) in [6, 6.07) is 13.6. The van der Waals surface area contributed by atoms with Crippen LogP contribution in [0.1, 0.15) is 31.8 Å². The molecule has 0 spiro atoms. The van der Waals surface area contributed by atoms with E-state index in [1.54, 1.807) is 12.1 Å². The quantitative estimate of drug-likeness (QED) is 0.0693. The van der Waals surface area contributed by atoms with Crippen LogP contribution >= 0.6 is 0 Å². The van der Waals surface area contributed by atoms with Gasteiger partial charge in [0.2, 0.25) is 0 Å². The Balaban J connectivity index is 0.00000562. The monoisotopic (exact) mass is 699 g/mol. The van der Waals surface area contributed by atoms with E-state index in [9.17, 15) is 38.7 Å². The van der Waals surface area contributed by atoms with Crippen molar-refractivity contribution in [2.75, 3.05) is 19.0 Å². The number of aromatic nitrogens is 3. The molecule has 50 heavy (non-hydrogen) atoms. The molecular weight excluding hydrogens is 674 g/mol. The Morgan fingerprint density at radius 3 is 2.06 bits per heavy atom. The van der Waals surface area contributed by atoms with Gasteiger partial charge < -0.3 is 20.7 Å². The largest absolute Gasteiger partial charge is 1.00 e. The maximum absolute atomic E-state index is 13.5. The number of nitrogens with zero attached hydrogens (tertiary/aromatic N) is 3. The van der Waals surface area contributed by atoms with Gasteiger partial charge in [-0.25, -0.2) is 19.1 Å². The predicted molar refractivity (Wildman–Crippen MR) is 176 cm³/mol. The van der Waals surface area contributed by atoms with Crippen molar-refractivity contribution >= 4 is 47.0 Å². The van der Waals surface area contributed by atoms with E-state index < -0.39 is 57.9 Å². The molecule has 0 bridgehead atoms. The van der Waals surface area contributed by atoms with Gasteiger partial charge in [0.05, 0.1) is 11.4 Å². The number of nitrogens with one attached hydrogen (secondary N) is 4. The molecule has 0 unspecified atom stereocenters. The zero-order valence-electron chi connectivity index (χ0n) is 26.8. The van der Waals surface area contributed by atoms with Crippen LogP contribution in [0, 0.1) is 0 Å². The van der Waals surface area contributed by atoms with Crippen LogP contribution < -0.4 is 88.6 Å². The topological polar surface area (TPSA) is 215 Å². The third-order valence-corrected chi connectivity index (χ3v) is 7.26. The van der Waals surface area contributed by atoms with Gasteiger partial charge in [-0.1, -0.05) is 24.3 Å². The number of barbiturate groups is 1. The van der Waals surface area contributed by atoms with Crippen molar-refractivity contribution in [3.8, 4) is 11.6 Å². The third-order valence-electron chi connectivity index (χ3n) is 7.26. The zero-order chi connectivity index (χ0) is 35.2. The number of aromatic amines is 1. The van der Waals surface area contributed by atoms with Crippen LogP contribution in [-0.2, 0) is 9.59 Å². The van der Waals surface area contributed by atoms with Gasteiger partial charge in [-0.3, -0.25) is 34.3 Å². The van der Waals surface area contributed by atoms with Crippen LogP contribution in [0.2, 0.25) is 0 Å². The van der Waals surface area contributed by atoms with Gasteiger partial charge in [-0.15, -0.1) is 0 Å². The van der Waals surface area contributed by atoms with Crippen molar-refractivity contribution < 1.29 is 80.5 Å². The minimum atomic E-state index is -1.02. The van der Waals surface area contributed by atoms with E-state index in [1.165, 1.54) is 87.2 Å². The Morgan fingerprint density at radius 2 is 1.44 bits per heavy atom. The van der Waals surface area contributed by atoms with Crippen molar-refractivity contribution in [3.05, 3.63) is 140 Å². The van der Waals surface area contributed by atoms with Crippen LogP contribution in [0.3, 0.4) is 0 Å². The molecule has 4 N–H and O–H groups in total. The first kappa shape index (κ1) is 37.3. The molecule has 2 aromatic carbocycles. The van der Waals surface area contributed by atoms with Crippen LogP contribution in [0.4, 0.5) is 10.5 Å². The number of hydrogen-bond donors (Lipinski definition) is 4. The Morgan fingerprint density at radius 1 is 0.840 bits per heavy atom. The standard InChI is InChI=1S/C34H27N7O8.K/c1-35-27(42)21-5-3-7-23(17-21)40-31(46)25(29(44)38-33(40)48)11-9-19(20-13-15-37-16-14-20)10-12-26-30(45)39-34(49)41(32(26)47)24-8-4-6-22(18-24)28(43)36-2;/h3-18,44H,1-2H3,(H,35,42)(H,36,43)(H,38,48)(H,39,45,49);/q;+1/p-1/b11-9+,19-10-,26-12+;. The fraction of sp³-hybridized carbons (Fsp3) is 0.0588. The Hall–Kier alpha value is -5.52. The van der Waals surface area contributed by atoms with Gasteiger partial charge in [0, 0.05) is 43.2 Å². The first-order chi connectivity index (χ1) is 23.5. The summed E-state index contributed by atoms with van der Waals surface area (Å²) in [7, 11) is 2.85. The van der Waals surface area contributed by atoms with Gasteiger partial charge in [0.1, 0.15) is 5.57 Å². The summed E-state index contributed by atoms with van der Waals surface area (Å²) < 4.78 is 0.709. The van der Waals surface area contributed by atoms with E-state index in [2.05, 4.69) is 25.9 Å². The summed E-state index contributed by atoms with van der Waals surface area (Å²) >= 11 is 0. The molecule has 0 atom stereocenters. The fourth-order valence-electron chi connectivity index (χ4n) is 4.82. The number of pyridine rings is 1. The molecule has 246 valence electrons. The summed E-state index contributed by atoms with van der Waals surface area (Å²) in [5.41, 5.74) is -1.64. The minimum Gasteiger partial charge on any atom is -0.860 e. The molecule has 3 heterocycles. The number of imide groups is 2. The number of benzene rings is 2. The van der Waals surface area contributed by atoms with E-state index in [0.29, 0.717) is 20.6 Å². The molecule has 1 aliphatic rings. The number of anilines is 1. The smallest absolute Gasteiger partial charge is 0.860 e. The van der Waals surface area contributed by atoms with Crippen LogP contribution in [-0.4, -0.2) is 58.3 Å². The first-order valence-electron chi connectivity index (χ1n) is 14.4. The van der Waals surface area contributed by atoms with Gasteiger partial charge in [-0.05, 0) is 77.7 Å². The van der Waals surface area contributed by atoms with Crippen molar-refractivity contribution in [2.45, 2.75) is 0 Å². The average molecular weight is 700 g/mol. The molecular formula is C34H26KN7O8. The molecule has 6 amide bonds. The number of amides is 6. The van der Waals surface area contributed by atoms with Crippen molar-refractivity contribution in [3.63, 3.8) is 0 Å². The average Bonchev–Trinajstić information content (AvgIpc) is 3.10. The molecule has 0 saturated carbocycles. The Labute approximate surface area is 325 Å². The molecule has 16 heteroatoms. The second-order valence-electron chi connectivity index (χ2n) is 10.2. The summed E-state index contributed by atoms with van der Waals surface area (Å²) in [5.74, 6) is -3.84. The summed E-state index contributed by atoms with van der Waals surface area (Å²) in [4.78, 5) is 96.3. The SMILES string of the molecule is CNC(=O)c1cccc(N2C(=O)NC(=O)\C(=C/C=C(/C=C/c3c([O-])[nH]c(=O)n(-c4cccc(C(=O)NC)c4)c3=O)c3ccncc3)C2=O)c1.[K+]. The number of rotatable bonds is 8. The van der Waals surface area contributed by atoms with E-state index >= 15 is 0 Å². The predicted octanol–water partition coefficient (Wildman–Crippen LogP) is -1.98. The van der Waals surface area contributed by atoms with E-state index in [0.717, 1.165) is 12.2 Å². The summed E-state index contributed by atoms with van der Waals surface area (Å²) in [5, 5.41) is 19.8. The fourth-order valence-corrected chi connectivity index (χ4v) is 4.82. The second kappa shape index (κ2) is 16.3. The molecule has 4 aromatic rings. The maximum atomic E-state index is 13.5. The molecule has 1 saturated heterocycles.